The van der Waals surface area contributed by atoms with Crippen molar-refractivity contribution in [3.05, 3.63) is 77.9 Å². The molecule has 3 aromatic rings. The number of carbonyl (C=O) groups excluding carboxylic acids is 2. The molecule has 0 fully saturated rings. The van der Waals surface area contributed by atoms with Crippen LogP contribution in [0.2, 0.25) is 0 Å². The quantitative estimate of drug-likeness (QED) is 0.468. The van der Waals surface area contributed by atoms with Crippen molar-refractivity contribution in [2.24, 2.45) is 0 Å². The predicted octanol–water partition coefficient (Wildman–Crippen LogP) is 3.52. The van der Waals surface area contributed by atoms with Crippen LogP contribution in [0.3, 0.4) is 0 Å². The highest BCUT2D eigenvalue weighted by atomic mass is 32.2. The van der Waals surface area contributed by atoms with Gasteiger partial charge >= 0.3 is 0 Å². The summed E-state index contributed by atoms with van der Waals surface area (Å²) in [7, 11) is 0.543. The smallest absolute Gasteiger partial charge is 0.262 e. The molecule has 0 aliphatic carbocycles. The molecule has 0 bridgehead atoms. The maximum Gasteiger partial charge on any atom is 0.262 e. The van der Waals surface area contributed by atoms with E-state index in [2.05, 4.69) is 10.0 Å². The Morgan fingerprint density at radius 2 is 1.57 bits per heavy atom. The lowest BCUT2D eigenvalue weighted by Crippen LogP contribution is -2.35. The van der Waals surface area contributed by atoms with Gasteiger partial charge in [-0.25, -0.2) is 8.42 Å². The summed E-state index contributed by atoms with van der Waals surface area (Å²) >= 11 is 0. The molecule has 0 saturated carbocycles. The van der Waals surface area contributed by atoms with Crippen LogP contribution in [-0.4, -0.2) is 52.9 Å². The second-order valence-corrected chi connectivity index (χ2v) is 9.41. The van der Waals surface area contributed by atoms with E-state index in [-0.39, 0.29) is 17.0 Å². The Kier molecular flexibility index (Phi) is 7.98. The van der Waals surface area contributed by atoms with Gasteiger partial charge in [-0.1, -0.05) is 12.1 Å². The Balaban J connectivity index is 1.73. The van der Waals surface area contributed by atoms with Gasteiger partial charge in [0, 0.05) is 30.1 Å². The highest BCUT2D eigenvalue weighted by molar-refractivity contribution is 7.92. The van der Waals surface area contributed by atoms with E-state index in [9.17, 15) is 18.0 Å². The number of nitrogens with one attached hydrogen (secondary N) is 2. The van der Waals surface area contributed by atoms with Gasteiger partial charge in [0.2, 0.25) is 5.91 Å². The zero-order valence-corrected chi connectivity index (χ0v) is 20.7. The number of rotatable bonds is 9. The molecule has 10 heteroatoms. The summed E-state index contributed by atoms with van der Waals surface area (Å²) in [6, 6.07) is 17.7. The van der Waals surface area contributed by atoms with Gasteiger partial charge in [-0.15, -0.1) is 0 Å². The van der Waals surface area contributed by atoms with Gasteiger partial charge in [0.15, 0.2) is 0 Å². The highest BCUT2D eigenvalue weighted by Gasteiger charge is 2.22. The van der Waals surface area contributed by atoms with Crippen LogP contribution in [-0.2, 0) is 14.8 Å². The summed E-state index contributed by atoms with van der Waals surface area (Å²) in [6.07, 6.45) is 0. The molecule has 0 radical (unpaired) electrons. The maximum absolute atomic E-state index is 13.0. The van der Waals surface area contributed by atoms with E-state index in [4.69, 9.17) is 9.47 Å². The Bertz CT molecular complexity index is 1320. The molecule has 0 aromatic heterocycles. The van der Waals surface area contributed by atoms with Crippen molar-refractivity contribution >= 4 is 33.2 Å². The lowest BCUT2D eigenvalue weighted by molar-refractivity contribution is -0.116. The van der Waals surface area contributed by atoms with E-state index in [0.29, 0.717) is 28.4 Å². The predicted molar refractivity (Wildman–Crippen MR) is 134 cm³/mol. The molecular formula is C25H27N3O6S. The summed E-state index contributed by atoms with van der Waals surface area (Å²) in [4.78, 5) is 26.6. The second kappa shape index (κ2) is 10.9. The van der Waals surface area contributed by atoms with E-state index in [0.717, 1.165) is 0 Å². The molecule has 35 heavy (non-hydrogen) atoms. The van der Waals surface area contributed by atoms with E-state index in [1.165, 1.54) is 38.3 Å². The molecule has 9 nitrogen and oxygen atoms in total. The van der Waals surface area contributed by atoms with Crippen molar-refractivity contribution < 1.29 is 27.5 Å². The minimum absolute atomic E-state index is 0.0339. The number of benzene rings is 3. The molecule has 2 N–H and O–H groups in total. The van der Waals surface area contributed by atoms with Crippen molar-refractivity contribution in [2.45, 2.75) is 11.8 Å². The van der Waals surface area contributed by atoms with Gasteiger partial charge in [-0.05, 0) is 61.0 Å². The first-order valence-electron chi connectivity index (χ1n) is 10.6. The number of carbonyl (C=O) groups is 2. The number of methoxy groups -OCH3 is 2. The van der Waals surface area contributed by atoms with Crippen LogP contribution in [0.25, 0.3) is 0 Å². The van der Waals surface area contributed by atoms with Crippen molar-refractivity contribution in [3.8, 4) is 11.5 Å². The Hall–Kier alpha value is -4.05. The SMILES string of the molecule is COc1ccc(NS(=O)(=O)c2cc(C(=O)N(C)CC(=O)Nc3cccc(OC)c3)ccc2C)cc1. The summed E-state index contributed by atoms with van der Waals surface area (Å²) in [6.45, 7) is 1.41. The summed E-state index contributed by atoms with van der Waals surface area (Å²) in [5.41, 5.74) is 1.50. The van der Waals surface area contributed by atoms with Gasteiger partial charge < -0.3 is 19.7 Å². The molecule has 0 aliphatic heterocycles. The molecule has 3 rings (SSSR count). The first kappa shape index (κ1) is 25.6. The molecule has 0 spiro atoms. The Morgan fingerprint density at radius 1 is 0.886 bits per heavy atom. The first-order valence-corrected chi connectivity index (χ1v) is 12.1. The van der Waals surface area contributed by atoms with Gasteiger partial charge in [0.1, 0.15) is 11.5 Å². The van der Waals surface area contributed by atoms with Crippen LogP contribution in [0.5, 0.6) is 11.5 Å². The second-order valence-electron chi connectivity index (χ2n) is 7.76. The molecular weight excluding hydrogens is 470 g/mol. The highest BCUT2D eigenvalue weighted by Crippen LogP contribution is 2.23. The molecule has 2 amide bonds. The summed E-state index contributed by atoms with van der Waals surface area (Å²) in [5.74, 6) is 0.279. The zero-order valence-electron chi connectivity index (χ0n) is 19.9. The number of nitrogens with zero attached hydrogens (tertiary/aromatic N) is 1. The molecule has 0 unspecified atom stereocenters. The third-order valence-electron chi connectivity index (χ3n) is 5.15. The van der Waals surface area contributed by atoms with E-state index in [1.807, 2.05) is 0 Å². The maximum atomic E-state index is 13.0. The average Bonchev–Trinajstić information content (AvgIpc) is 2.84. The van der Waals surface area contributed by atoms with Gasteiger partial charge in [0.05, 0.1) is 25.7 Å². The fourth-order valence-electron chi connectivity index (χ4n) is 3.30. The third kappa shape index (κ3) is 6.51. The first-order chi connectivity index (χ1) is 16.6. The summed E-state index contributed by atoms with van der Waals surface area (Å²) < 4.78 is 38.8. The Morgan fingerprint density at radius 3 is 2.23 bits per heavy atom. The van der Waals surface area contributed by atoms with Crippen LogP contribution in [0.15, 0.2) is 71.6 Å². The standard InChI is InChI=1S/C25H27N3O6S/c1-17-8-9-18(14-23(17)35(31,32)27-19-10-12-21(33-3)13-11-19)25(30)28(2)16-24(29)26-20-6-5-7-22(15-20)34-4/h5-15,27H,16H2,1-4H3,(H,26,29). The van der Waals surface area contributed by atoms with Crippen LogP contribution in [0.1, 0.15) is 15.9 Å². The number of likely N-dealkylation sites (N-methyl/N-ethyl adjacent to an activating group) is 1. The van der Waals surface area contributed by atoms with E-state index < -0.39 is 21.8 Å². The van der Waals surface area contributed by atoms with Gasteiger partial charge in [-0.2, -0.15) is 0 Å². The number of anilines is 2. The minimum Gasteiger partial charge on any atom is -0.497 e. The fourth-order valence-corrected chi connectivity index (χ4v) is 4.63. The molecule has 0 heterocycles. The molecule has 0 atom stereocenters. The van der Waals surface area contributed by atoms with E-state index >= 15 is 0 Å². The van der Waals surface area contributed by atoms with Crippen LogP contribution < -0.4 is 19.5 Å². The van der Waals surface area contributed by atoms with E-state index in [1.54, 1.807) is 61.5 Å². The minimum atomic E-state index is -3.97. The number of hydrogen-bond donors (Lipinski definition) is 2. The third-order valence-corrected chi connectivity index (χ3v) is 6.67. The monoisotopic (exact) mass is 497 g/mol. The number of amides is 2. The van der Waals surface area contributed by atoms with Crippen LogP contribution in [0, 0.1) is 6.92 Å². The number of ether oxygens (including phenoxy) is 2. The summed E-state index contributed by atoms with van der Waals surface area (Å²) in [5, 5.41) is 2.71. The fraction of sp³-hybridized carbons (Fsp3) is 0.200. The molecule has 3 aromatic carbocycles. The van der Waals surface area contributed by atoms with Crippen molar-refractivity contribution in [1.29, 1.82) is 0 Å². The topological polar surface area (TPSA) is 114 Å². The molecule has 184 valence electrons. The van der Waals surface area contributed by atoms with Crippen molar-refractivity contribution in [2.75, 3.05) is 37.9 Å². The van der Waals surface area contributed by atoms with Crippen LogP contribution in [0.4, 0.5) is 11.4 Å². The van der Waals surface area contributed by atoms with Crippen molar-refractivity contribution in [1.82, 2.24) is 4.90 Å². The molecule has 0 saturated heterocycles. The normalized spacial score (nSPS) is 10.9. The lowest BCUT2D eigenvalue weighted by Gasteiger charge is -2.18. The zero-order chi connectivity index (χ0) is 25.6. The number of hydrogen-bond acceptors (Lipinski definition) is 6. The average molecular weight is 498 g/mol. The number of aryl methyl sites for hydroxylation is 1. The van der Waals surface area contributed by atoms with Crippen molar-refractivity contribution in [3.63, 3.8) is 0 Å². The van der Waals surface area contributed by atoms with Gasteiger partial charge in [0.25, 0.3) is 15.9 Å². The Labute approximate surface area is 204 Å². The van der Waals surface area contributed by atoms with Crippen LogP contribution >= 0.6 is 0 Å². The molecule has 0 aliphatic rings. The van der Waals surface area contributed by atoms with Gasteiger partial charge in [-0.3, -0.25) is 14.3 Å². The lowest BCUT2D eigenvalue weighted by atomic mass is 10.1. The number of sulfonamides is 1. The largest absolute Gasteiger partial charge is 0.497 e.